The molecular formula is C36H34N4. The summed E-state index contributed by atoms with van der Waals surface area (Å²) < 4.78 is 4.20. The van der Waals surface area contributed by atoms with E-state index in [4.69, 9.17) is 10.2 Å². The van der Waals surface area contributed by atoms with E-state index in [0.29, 0.717) is 0 Å². The third-order valence-corrected chi connectivity index (χ3v) is 8.00. The van der Waals surface area contributed by atoms with Crippen LogP contribution in [-0.2, 0) is 0 Å². The summed E-state index contributed by atoms with van der Waals surface area (Å²) in [6.07, 6.45) is 0. The molecule has 2 aromatic heterocycles. The first kappa shape index (κ1) is 25.6. The molecule has 198 valence electrons. The third-order valence-electron chi connectivity index (χ3n) is 8.00. The lowest BCUT2D eigenvalue weighted by atomic mass is 9.99. The molecule has 0 fully saturated rings. The topological polar surface area (TPSA) is 35.6 Å². The van der Waals surface area contributed by atoms with Gasteiger partial charge in [0.05, 0.1) is 34.2 Å². The molecule has 40 heavy (non-hydrogen) atoms. The summed E-state index contributed by atoms with van der Waals surface area (Å²) in [5.74, 6) is 0. The molecule has 0 radical (unpaired) electrons. The summed E-state index contributed by atoms with van der Waals surface area (Å²) in [6.45, 7) is 12.8. The zero-order valence-corrected chi connectivity index (χ0v) is 24.0. The van der Waals surface area contributed by atoms with Gasteiger partial charge >= 0.3 is 0 Å². The van der Waals surface area contributed by atoms with Crippen LogP contribution in [0.15, 0.2) is 97.1 Å². The fourth-order valence-electron chi connectivity index (χ4n) is 5.57. The van der Waals surface area contributed by atoms with E-state index < -0.39 is 0 Å². The number of nitrogens with zero attached hydrogens (tertiary/aromatic N) is 4. The highest BCUT2D eigenvalue weighted by molar-refractivity contribution is 5.73. The fourth-order valence-corrected chi connectivity index (χ4v) is 5.57. The van der Waals surface area contributed by atoms with Gasteiger partial charge in [-0.3, -0.25) is 0 Å². The second-order valence-electron chi connectivity index (χ2n) is 10.7. The Kier molecular flexibility index (Phi) is 6.47. The molecule has 0 saturated heterocycles. The molecule has 2 heterocycles. The molecule has 0 aliphatic rings. The molecule has 0 saturated carbocycles. The van der Waals surface area contributed by atoms with Crippen molar-refractivity contribution in [3.8, 4) is 45.0 Å². The van der Waals surface area contributed by atoms with Crippen LogP contribution in [0.2, 0.25) is 0 Å². The van der Waals surface area contributed by atoms with Crippen LogP contribution >= 0.6 is 0 Å². The van der Waals surface area contributed by atoms with Crippen LogP contribution in [0, 0.1) is 41.5 Å². The van der Waals surface area contributed by atoms with Crippen molar-refractivity contribution >= 4 is 0 Å². The average Bonchev–Trinajstić information content (AvgIpc) is 3.43. The Bertz CT molecular complexity index is 1700. The van der Waals surface area contributed by atoms with Crippen LogP contribution in [0.3, 0.4) is 0 Å². The monoisotopic (exact) mass is 522 g/mol. The van der Waals surface area contributed by atoms with Gasteiger partial charge in [0.15, 0.2) is 0 Å². The predicted octanol–water partition coefficient (Wildman–Crippen LogP) is 8.91. The summed E-state index contributed by atoms with van der Waals surface area (Å²) in [4.78, 5) is 0. The lowest BCUT2D eigenvalue weighted by molar-refractivity contribution is 0.861. The van der Waals surface area contributed by atoms with Gasteiger partial charge in [0.1, 0.15) is 0 Å². The Morgan fingerprint density at radius 3 is 1.15 bits per heavy atom. The van der Waals surface area contributed by atoms with Crippen molar-refractivity contribution in [2.75, 3.05) is 0 Å². The lowest BCUT2D eigenvalue weighted by Gasteiger charge is -2.15. The first-order chi connectivity index (χ1) is 19.3. The minimum atomic E-state index is 1.05. The summed E-state index contributed by atoms with van der Waals surface area (Å²) in [7, 11) is 0. The Balaban J connectivity index is 1.39. The minimum absolute atomic E-state index is 1.05. The molecule has 6 aromatic rings. The molecule has 4 aromatic carbocycles. The molecule has 0 atom stereocenters. The third kappa shape index (κ3) is 4.36. The highest BCUT2D eigenvalue weighted by Gasteiger charge is 2.18. The fraction of sp³-hybridized carbons (Fsp3) is 0.167. The van der Waals surface area contributed by atoms with Gasteiger partial charge in [-0.15, -0.1) is 0 Å². The van der Waals surface area contributed by atoms with Crippen molar-refractivity contribution < 1.29 is 0 Å². The van der Waals surface area contributed by atoms with Gasteiger partial charge in [-0.25, -0.2) is 9.36 Å². The van der Waals surface area contributed by atoms with Gasteiger partial charge in [0.2, 0.25) is 0 Å². The Labute approximate surface area is 236 Å². The molecule has 0 N–H and O–H groups in total. The summed E-state index contributed by atoms with van der Waals surface area (Å²) in [6, 6.07) is 34.4. The number of hydrogen-bond donors (Lipinski definition) is 0. The van der Waals surface area contributed by atoms with E-state index in [0.717, 1.165) is 34.2 Å². The first-order valence-electron chi connectivity index (χ1n) is 13.8. The first-order valence-corrected chi connectivity index (χ1v) is 13.8. The quantitative estimate of drug-likeness (QED) is 0.227. The normalized spacial score (nSPS) is 11.2. The summed E-state index contributed by atoms with van der Waals surface area (Å²) in [5, 5.41) is 9.86. The van der Waals surface area contributed by atoms with Crippen molar-refractivity contribution in [3.05, 3.63) is 131 Å². The second-order valence-corrected chi connectivity index (χ2v) is 10.7. The average molecular weight is 523 g/mol. The van der Waals surface area contributed by atoms with Crippen LogP contribution < -0.4 is 0 Å². The van der Waals surface area contributed by atoms with Gasteiger partial charge in [-0.05, 0) is 99.2 Å². The molecule has 0 aliphatic carbocycles. The van der Waals surface area contributed by atoms with Crippen LogP contribution in [0.1, 0.15) is 33.6 Å². The van der Waals surface area contributed by atoms with Crippen molar-refractivity contribution in [2.45, 2.75) is 41.5 Å². The molecule has 0 spiro atoms. The Morgan fingerprint density at radius 1 is 0.425 bits per heavy atom. The summed E-state index contributed by atoms with van der Waals surface area (Å²) >= 11 is 0. The van der Waals surface area contributed by atoms with E-state index in [1.165, 1.54) is 44.5 Å². The molecule has 0 aliphatic heterocycles. The SMILES string of the molecule is Cc1cc(-c2ccc(-n3nc(C)c(C)c3-c3ccccc3)c(C)c2)ccc1-n1nc(C)c(C)c1-c1ccccc1. The highest BCUT2D eigenvalue weighted by Crippen LogP contribution is 2.34. The molecule has 6 rings (SSSR count). The highest BCUT2D eigenvalue weighted by atomic mass is 15.3. The van der Waals surface area contributed by atoms with Crippen molar-refractivity contribution in [1.82, 2.24) is 19.6 Å². The van der Waals surface area contributed by atoms with Crippen molar-refractivity contribution in [1.29, 1.82) is 0 Å². The van der Waals surface area contributed by atoms with Crippen LogP contribution in [0.25, 0.3) is 45.0 Å². The zero-order chi connectivity index (χ0) is 28.0. The summed E-state index contributed by atoms with van der Waals surface area (Å²) in [5.41, 5.74) is 16.1. The van der Waals surface area contributed by atoms with E-state index >= 15 is 0 Å². The zero-order valence-electron chi connectivity index (χ0n) is 24.0. The number of aromatic nitrogens is 4. The Hall–Kier alpha value is -4.70. The molecule has 4 heteroatoms. The largest absolute Gasteiger partial charge is 0.232 e. The molecule has 4 nitrogen and oxygen atoms in total. The second kappa shape index (κ2) is 10.1. The molecule has 0 unspecified atom stereocenters. The number of benzene rings is 4. The molecule has 0 bridgehead atoms. The molecule has 0 amide bonds. The maximum Gasteiger partial charge on any atom is 0.0773 e. The van der Waals surface area contributed by atoms with E-state index in [1.54, 1.807) is 0 Å². The van der Waals surface area contributed by atoms with Crippen molar-refractivity contribution in [3.63, 3.8) is 0 Å². The number of hydrogen-bond acceptors (Lipinski definition) is 2. The van der Waals surface area contributed by atoms with Crippen molar-refractivity contribution in [2.24, 2.45) is 0 Å². The van der Waals surface area contributed by atoms with Crippen LogP contribution in [0.4, 0.5) is 0 Å². The lowest BCUT2D eigenvalue weighted by Crippen LogP contribution is -2.03. The number of aryl methyl sites for hydroxylation is 4. The smallest absolute Gasteiger partial charge is 0.0773 e. The van der Waals surface area contributed by atoms with E-state index in [9.17, 15) is 0 Å². The van der Waals surface area contributed by atoms with E-state index in [-0.39, 0.29) is 0 Å². The maximum atomic E-state index is 4.93. The van der Waals surface area contributed by atoms with Gasteiger partial charge in [0.25, 0.3) is 0 Å². The molecular weight excluding hydrogens is 488 g/mol. The van der Waals surface area contributed by atoms with E-state index in [1.807, 2.05) is 0 Å². The van der Waals surface area contributed by atoms with Gasteiger partial charge in [-0.2, -0.15) is 10.2 Å². The van der Waals surface area contributed by atoms with Gasteiger partial charge in [0, 0.05) is 11.1 Å². The number of rotatable bonds is 5. The minimum Gasteiger partial charge on any atom is -0.232 e. The predicted molar refractivity (Wildman–Crippen MR) is 165 cm³/mol. The standard InChI is InChI=1S/C36H34N4/c1-23-21-31(17-19-33(23)39-35(25(3)27(5)37-39)29-13-9-7-10-14-29)32-18-20-34(24(2)22-32)40-36(26(4)28(6)38-40)30-15-11-8-12-16-30/h7-22H,1-6H3. The van der Waals surface area contributed by atoms with Crippen LogP contribution in [0.5, 0.6) is 0 Å². The van der Waals surface area contributed by atoms with Gasteiger partial charge in [-0.1, -0.05) is 72.8 Å². The van der Waals surface area contributed by atoms with Crippen LogP contribution in [-0.4, -0.2) is 19.6 Å². The van der Waals surface area contributed by atoms with Gasteiger partial charge < -0.3 is 0 Å². The van der Waals surface area contributed by atoms with E-state index in [2.05, 4.69) is 148 Å². The Morgan fingerprint density at radius 2 is 0.800 bits per heavy atom. The maximum absolute atomic E-state index is 4.93.